The van der Waals surface area contributed by atoms with Crippen molar-refractivity contribution >= 4 is 40.8 Å². The topological polar surface area (TPSA) is 102 Å². The third-order valence-corrected chi connectivity index (χ3v) is 6.10. The SMILES string of the molecule is CC(=O)NC(=S)Nc1ccc(Oc2ccnc(NC(=O)N(C)C3CCN(CCN(C)C)CC3)c2)cc1. The van der Waals surface area contributed by atoms with Crippen molar-refractivity contribution in [1.29, 1.82) is 0 Å². The lowest BCUT2D eigenvalue weighted by Crippen LogP contribution is -2.48. The summed E-state index contributed by atoms with van der Waals surface area (Å²) in [5.41, 5.74) is 0.718. The van der Waals surface area contributed by atoms with Gasteiger partial charge in [0.25, 0.3) is 0 Å². The molecule has 1 saturated heterocycles. The number of thiocarbonyl (C=S) groups is 1. The fraction of sp³-hybridized carbons (Fsp3) is 0.440. The number of likely N-dealkylation sites (N-methyl/N-ethyl adjacent to an activating group) is 1. The largest absolute Gasteiger partial charge is 0.457 e. The number of anilines is 2. The van der Waals surface area contributed by atoms with Crippen molar-refractivity contribution in [3.05, 3.63) is 42.6 Å². The Balaban J connectivity index is 1.50. The number of carbonyl (C=O) groups excluding carboxylic acids is 2. The van der Waals surface area contributed by atoms with Gasteiger partial charge in [-0.25, -0.2) is 9.78 Å². The number of hydrogen-bond donors (Lipinski definition) is 3. The van der Waals surface area contributed by atoms with E-state index >= 15 is 0 Å². The molecular weight excluding hydrogens is 478 g/mol. The lowest BCUT2D eigenvalue weighted by molar-refractivity contribution is -0.117. The van der Waals surface area contributed by atoms with Crippen LogP contribution in [0.5, 0.6) is 11.5 Å². The normalized spacial score (nSPS) is 14.2. The van der Waals surface area contributed by atoms with Crippen LogP contribution in [0.1, 0.15) is 19.8 Å². The molecule has 0 aliphatic carbocycles. The summed E-state index contributed by atoms with van der Waals surface area (Å²) in [6, 6.07) is 10.5. The number of pyridine rings is 1. The number of amides is 3. The molecule has 3 rings (SSSR count). The molecular formula is C25H35N7O3S. The molecule has 0 spiro atoms. The molecule has 0 bridgehead atoms. The monoisotopic (exact) mass is 513 g/mol. The number of hydrogen-bond acceptors (Lipinski definition) is 7. The molecule has 0 atom stereocenters. The highest BCUT2D eigenvalue weighted by atomic mass is 32.1. The van der Waals surface area contributed by atoms with Gasteiger partial charge in [-0.3, -0.25) is 10.1 Å². The van der Waals surface area contributed by atoms with E-state index < -0.39 is 0 Å². The number of nitrogens with zero attached hydrogens (tertiary/aromatic N) is 4. The van der Waals surface area contributed by atoms with E-state index in [4.69, 9.17) is 17.0 Å². The second kappa shape index (κ2) is 13.1. The Bertz CT molecular complexity index is 1040. The average Bonchev–Trinajstić information content (AvgIpc) is 2.83. The summed E-state index contributed by atoms with van der Waals surface area (Å²) in [5.74, 6) is 1.34. The number of likely N-dealkylation sites (tertiary alicyclic amines) is 1. The summed E-state index contributed by atoms with van der Waals surface area (Å²) in [7, 11) is 6.00. The van der Waals surface area contributed by atoms with Crippen molar-refractivity contribution in [2.75, 3.05) is 58.0 Å². The number of ether oxygens (including phenoxy) is 1. The lowest BCUT2D eigenvalue weighted by Gasteiger charge is -2.37. The van der Waals surface area contributed by atoms with Crippen LogP contribution in [-0.2, 0) is 4.79 Å². The van der Waals surface area contributed by atoms with Gasteiger partial charge >= 0.3 is 6.03 Å². The Morgan fingerprint density at radius 1 is 1.08 bits per heavy atom. The zero-order valence-electron chi connectivity index (χ0n) is 21.3. The maximum Gasteiger partial charge on any atom is 0.323 e. The molecule has 10 nitrogen and oxygen atoms in total. The van der Waals surface area contributed by atoms with Crippen molar-refractivity contribution in [2.45, 2.75) is 25.8 Å². The van der Waals surface area contributed by atoms with Crippen LogP contribution < -0.4 is 20.7 Å². The first-order valence-corrected chi connectivity index (χ1v) is 12.3. The van der Waals surface area contributed by atoms with Gasteiger partial charge in [0.1, 0.15) is 17.3 Å². The summed E-state index contributed by atoms with van der Waals surface area (Å²) in [6.45, 7) is 5.47. The van der Waals surface area contributed by atoms with Crippen molar-refractivity contribution in [3.63, 3.8) is 0 Å². The first kappa shape index (κ1) is 27.3. The van der Waals surface area contributed by atoms with Crippen molar-refractivity contribution < 1.29 is 14.3 Å². The van der Waals surface area contributed by atoms with Crippen molar-refractivity contribution in [1.82, 2.24) is 25.0 Å². The minimum atomic E-state index is -0.236. The molecule has 1 aliphatic heterocycles. The van der Waals surface area contributed by atoms with Gasteiger partial charge in [0.15, 0.2) is 5.11 Å². The summed E-state index contributed by atoms with van der Waals surface area (Å²) in [6.07, 6.45) is 3.50. The molecule has 11 heteroatoms. The zero-order valence-corrected chi connectivity index (χ0v) is 22.1. The Kier molecular flexibility index (Phi) is 9.97. The third kappa shape index (κ3) is 8.74. The maximum atomic E-state index is 12.8. The van der Waals surface area contributed by atoms with E-state index in [1.54, 1.807) is 47.5 Å². The fourth-order valence-corrected chi connectivity index (χ4v) is 4.10. The van der Waals surface area contributed by atoms with Crippen molar-refractivity contribution in [2.24, 2.45) is 0 Å². The van der Waals surface area contributed by atoms with E-state index in [0.717, 1.165) is 44.7 Å². The smallest absolute Gasteiger partial charge is 0.323 e. The van der Waals surface area contributed by atoms with Gasteiger partial charge in [0.05, 0.1) is 0 Å². The molecule has 3 amide bonds. The summed E-state index contributed by atoms with van der Waals surface area (Å²) in [4.78, 5) is 34.6. The van der Waals surface area contributed by atoms with Crippen LogP contribution in [-0.4, -0.2) is 90.1 Å². The van der Waals surface area contributed by atoms with Gasteiger partial charge in [0.2, 0.25) is 5.91 Å². The number of aromatic nitrogens is 1. The Labute approximate surface area is 218 Å². The molecule has 1 aromatic heterocycles. The predicted octanol–water partition coefficient (Wildman–Crippen LogP) is 3.20. The molecule has 2 heterocycles. The molecule has 2 aromatic rings. The third-order valence-electron chi connectivity index (χ3n) is 5.89. The summed E-state index contributed by atoms with van der Waals surface area (Å²) >= 11 is 5.06. The van der Waals surface area contributed by atoms with Crippen molar-refractivity contribution in [3.8, 4) is 11.5 Å². The van der Waals surface area contributed by atoms with E-state index in [1.165, 1.54) is 6.92 Å². The quantitative estimate of drug-likeness (QED) is 0.463. The van der Waals surface area contributed by atoms with Gasteiger partial charge in [-0.15, -0.1) is 0 Å². The van der Waals surface area contributed by atoms with Gasteiger partial charge in [-0.2, -0.15) is 0 Å². The minimum absolute atomic E-state index is 0.183. The number of nitrogens with one attached hydrogen (secondary N) is 3. The van der Waals surface area contributed by atoms with Crippen LogP contribution in [0.3, 0.4) is 0 Å². The molecule has 1 fully saturated rings. The highest BCUT2D eigenvalue weighted by Crippen LogP contribution is 2.25. The van der Waals surface area contributed by atoms with Gasteiger partial charge in [-0.05, 0) is 69.5 Å². The van der Waals surface area contributed by atoms with Crippen LogP contribution in [0.15, 0.2) is 42.6 Å². The lowest BCUT2D eigenvalue weighted by atomic mass is 10.0. The van der Waals surface area contributed by atoms with E-state index in [9.17, 15) is 9.59 Å². The molecule has 194 valence electrons. The van der Waals surface area contributed by atoms with Crippen LogP contribution in [0.25, 0.3) is 0 Å². The Morgan fingerprint density at radius 3 is 2.42 bits per heavy atom. The van der Waals surface area contributed by atoms with E-state index in [0.29, 0.717) is 17.3 Å². The van der Waals surface area contributed by atoms with E-state index in [-0.39, 0.29) is 23.1 Å². The van der Waals surface area contributed by atoms with Crippen LogP contribution in [0.4, 0.5) is 16.3 Å². The summed E-state index contributed by atoms with van der Waals surface area (Å²) < 4.78 is 5.91. The number of benzene rings is 1. The highest BCUT2D eigenvalue weighted by Gasteiger charge is 2.25. The predicted molar refractivity (Wildman–Crippen MR) is 146 cm³/mol. The highest BCUT2D eigenvalue weighted by molar-refractivity contribution is 7.80. The number of carbonyl (C=O) groups is 2. The summed E-state index contributed by atoms with van der Waals surface area (Å²) in [5, 5.41) is 8.54. The first-order chi connectivity index (χ1) is 17.2. The first-order valence-electron chi connectivity index (χ1n) is 11.9. The number of urea groups is 1. The fourth-order valence-electron chi connectivity index (χ4n) is 3.84. The van der Waals surface area contributed by atoms with E-state index in [2.05, 4.69) is 44.8 Å². The molecule has 0 radical (unpaired) electrons. The molecule has 3 N–H and O–H groups in total. The van der Waals surface area contributed by atoms with Gasteiger partial charge < -0.3 is 30.1 Å². The van der Waals surface area contributed by atoms with Crippen LogP contribution in [0.2, 0.25) is 0 Å². The molecule has 0 saturated carbocycles. The molecule has 0 unspecified atom stereocenters. The molecule has 1 aliphatic rings. The van der Waals surface area contributed by atoms with Crippen LogP contribution >= 0.6 is 12.2 Å². The minimum Gasteiger partial charge on any atom is -0.457 e. The Morgan fingerprint density at radius 2 is 1.78 bits per heavy atom. The van der Waals surface area contributed by atoms with Gasteiger partial charge in [-0.1, -0.05) is 0 Å². The van der Waals surface area contributed by atoms with E-state index in [1.807, 2.05) is 7.05 Å². The number of rotatable bonds is 8. The number of piperidine rings is 1. The Hall–Kier alpha value is -3.28. The van der Waals surface area contributed by atoms with Crippen LogP contribution in [0, 0.1) is 0 Å². The second-order valence-electron chi connectivity index (χ2n) is 9.06. The zero-order chi connectivity index (χ0) is 26.1. The molecule has 1 aromatic carbocycles. The van der Waals surface area contributed by atoms with Gasteiger partial charge in [0, 0.05) is 64.1 Å². The molecule has 36 heavy (non-hydrogen) atoms. The second-order valence-corrected chi connectivity index (χ2v) is 9.46. The standard InChI is InChI=1S/C25H35N7O3S/c1-18(33)27-24(36)28-19-5-7-21(8-6-19)35-22-9-12-26-23(17-22)29-25(34)31(4)20-10-13-32(14-11-20)16-15-30(2)3/h5-9,12,17,20H,10-11,13-16H2,1-4H3,(H,26,29,34)(H2,27,28,33,36). The average molecular weight is 514 g/mol. The maximum absolute atomic E-state index is 12.8.